The summed E-state index contributed by atoms with van der Waals surface area (Å²) in [5.41, 5.74) is 0.897. The Hall–Kier alpha value is -1.02. The van der Waals surface area contributed by atoms with Crippen molar-refractivity contribution in [2.45, 2.75) is 26.4 Å². The monoisotopic (exact) mass is 180 g/mol. The molecule has 0 saturated carbocycles. The molecule has 2 heteroatoms. The first kappa shape index (κ1) is 10.1. The van der Waals surface area contributed by atoms with Crippen LogP contribution < -0.4 is 4.74 Å². The van der Waals surface area contributed by atoms with Crippen molar-refractivity contribution in [3.63, 3.8) is 0 Å². The second-order valence-corrected chi connectivity index (χ2v) is 3.10. The molecule has 1 rings (SSSR count). The molecule has 0 aromatic heterocycles. The van der Waals surface area contributed by atoms with Crippen LogP contribution in [0.1, 0.15) is 31.9 Å². The summed E-state index contributed by atoms with van der Waals surface area (Å²) in [6.45, 7) is 4.54. The predicted molar refractivity (Wildman–Crippen MR) is 52.9 cm³/mol. The van der Waals surface area contributed by atoms with Gasteiger partial charge in [0.2, 0.25) is 0 Å². The Balaban J connectivity index is 2.68. The summed E-state index contributed by atoms with van der Waals surface area (Å²) >= 11 is 0. The van der Waals surface area contributed by atoms with Gasteiger partial charge in [-0.25, -0.2) is 0 Å². The molecule has 1 N–H and O–H groups in total. The maximum absolute atomic E-state index is 9.32. The van der Waals surface area contributed by atoms with E-state index in [-0.39, 0.29) is 0 Å². The third kappa shape index (κ3) is 3.07. The molecule has 0 unspecified atom stereocenters. The highest BCUT2D eigenvalue weighted by atomic mass is 16.5. The first-order valence-corrected chi connectivity index (χ1v) is 4.65. The van der Waals surface area contributed by atoms with Crippen LogP contribution in [0.5, 0.6) is 5.75 Å². The minimum atomic E-state index is -0.426. The summed E-state index contributed by atoms with van der Waals surface area (Å²) in [6.07, 6.45) is 0.573. The lowest BCUT2D eigenvalue weighted by atomic mass is 10.1. The summed E-state index contributed by atoms with van der Waals surface area (Å²) < 4.78 is 5.43. The van der Waals surface area contributed by atoms with Gasteiger partial charge in [-0.1, -0.05) is 19.1 Å². The van der Waals surface area contributed by atoms with Crippen molar-refractivity contribution in [1.82, 2.24) is 0 Å². The van der Waals surface area contributed by atoms with Crippen LogP contribution in [-0.4, -0.2) is 11.7 Å². The molecule has 13 heavy (non-hydrogen) atoms. The van der Waals surface area contributed by atoms with Gasteiger partial charge >= 0.3 is 0 Å². The van der Waals surface area contributed by atoms with Crippen molar-refractivity contribution in [2.75, 3.05) is 6.61 Å². The third-order valence-corrected chi connectivity index (χ3v) is 1.81. The third-order valence-electron chi connectivity index (χ3n) is 1.81. The van der Waals surface area contributed by atoms with E-state index >= 15 is 0 Å². The van der Waals surface area contributed by atoms with Crippen LogP contribution in [0, 0.1) is 0 Å². The Kier molecular flexibility index (Phi) is 3.77. The van der Waals surface area contributed by atoms with E-state index < -0.39 is 6.10 Å². The molecule has 0 aliphatic carbocycles. The number of hydrogen-bond donors (Lipinski definition) is 1. The van der Waals surface area contributed by atoms with Gasteiger partial charge in [0, 0.05) is 0 Å². The van der Waals surface area contributed by atoms with Gasteiger partial charge in [-0.3, -0.25) is 0 Å². The average Bonchev–Trinajstić information content (AvgIpc) is 2.15. The van der Waals surface area contributed by atoms with E-state index in [1.165, 1.54) is 0 Å². The van der Waals surface area contributed by atoms with Crippen molar-refractivity contribution in [3.05, 3.63) is 29.8 Å². The van der Waals surface area contributed by atoms with E-state index in [2.05, 4.69) is 6.92 Å². The van der Waals surface area contributed by atoms with Crippen LogP contribution in [0.3, 0.4) is 0 Å². The molecule has 0 amide bonds. The zero-order chi connectivity index (χ0) is 9.68. The summed E-state index contributed by atoms with van der Waals surface area (Å²) in [5.74, 6) is 0.834. The van der Waals surface area contributed by atoms with Gasteiger partial charge in [0.25, 0.3) is 0 Å². The van der Waals surface area contributed by atoms with Crippen molar-refractivity contribution < 1.29 is 9.84 Å². The van der Waals surface area contributed by atoms with E-state index in [0.717, 1.165) is 24.3 Å². The average molecular weight is 180 g/mol. The molecular formula is C11H16O2. The zero-order valence-corrected chi connectivity index (χ0v) is 8.16. The van der Waals surface area contributed by atoms with Crippen molar-refractivity contribution in [2.24, 2.45) is 0 Å². The zero-order valence-electron chi connectivity index (χ0n) is 8.16. The number of rotatable bonds is 4. The molecular weight excluding hydrogens is 164 g/mol. The molecule has 0 fully saturated rings. The largest absolute Gasteiger partial charge is 0.494 e. The van der Waals surface area contributed by atoms with E-state index in [0.29, 0.717) is 0 Å². The molecule has 1 aromatic rings. The molecule has 1 aromatic carbocycles. The second kappa shape index (κ2) is 4.87. The van der Waals surface area contributed by atoms with Crippen LogP contribution >= 0.6 is 0 Å². The minimum absolute atomic E-state index is 0.426. The molecule has 0 aliphatic heterocycles. The number of aliphatic hydroxyl groups excluding tert-OH is 1. The fraction of sp³-hybridized carbons (Fsp3) is 0.455. The quantitative estimate of drug-likeness (QED) is 0.771. The Labute approximate surface area is 79.2 Å². The molecule has 0 bridgehead atoms. The van der Waals surface area contributed by atoms with Crippen molar-refractivity contribution >= 4 is 0 Å². The van der Waals surface area contributed by atoms with Crippen LogP contribution in [0.2, 0.25) is 0 Å². The fourth-order valence-corrected chi connectivity index (χ4v) is 1.08. The maximum Gasteiger partial charge on any atom is 0.119 e. The predicted octanol–water partition coefficient (Wildman–Crippen LogP) is 2.53. The first-order chi connectivity index (χ1) is 6.24. The number of benzene rings is 1. The van der Waals surface area contributed by atoms with Crippen LogP contribution in [0.15, 0.2) is 24.3 Å². The van der Waals surface area contributed by atoms with Gasteiger partial charge in [0.1, 0.15) is 5.75 Å². The molecule has 72 valence electrons. The molecule has 0 radical (unpaired) electrons. The summed E-state index contributed by atoms with van der Waals surface area (Å²) in [5, 5.41) is 9.32. The smallest absolute Gasteiger partial charge is 0.119 e. The minimum Gasteiger partial charge on any atom is -0.494 e. The van der Waals surface area contributed by atoms with E-state index in [4.69, 9.17) is 4.74 Å². The summed E-state index contributed by atoms with van der Waals surface area (Å²) in [6, 6.07) is 7.57. The second-order valence-electron chi connectivity index (χ2n) is 3.10. The van der Waals surface area contributed by atoms with Crippen molar-refractivity contribution in [1.29, 1.82) is 0 Å². The number of ether oxygens (including phenoxy) is 1. The summed E-state index contributed by atoms with van der Waals surface area (Å²) in [7, 11) is 0. The summed E-state index contributed by atoms with van der Waals surface area (Å²) in [4.78, 5) is 0. The van der Waals surface area contributed by atoms with Gasteiger partial charge in [0.15, 0.2) is 0 Å². The van der Waals surface area contributed by atoms with E-state index in [9.17, 15) is 5.11 Å². The normalized spacial score (nSPS) is 12.5. The van der Waals surface area contributed by atoms with Crippen LogP contribution in [-0.2, 0) is 0 Å². The lowest BCUT2D eigenvalue weighted by Crippen LogP contribution is -1.96. The Morgan fingerprint density at radius 3 is 2.85 bits per heavy atom. The Morgan fingerprint density at radius 1 is 1.46 bits per heavy atom. The molecule has 0 spiro atoms. The Bertz CT molecular complexity index is 256. The van der Waals surface area contributed by atoms with Gasteiger partial charge in [0.05, 0.1) is 12.7 Å². The number of hydrogen-bond acceptors (Lipinski definition) is 2. The highest BCUT2D eigenvalue weighted by Crippen LogP contribution is 2.18. The number of aliphatic hydroxyl groups is 1. The van der Waals surface area contributed by atoms with Crippen LogP contribution in [0.25, 0.3) is 0 Å². The van der Waals surface area contributed by atoms with Gasteiger partial charge in [-0.15, -0.1) is 0 Å². The SMILES string of the molecule is CCCOc1cccc([C@H](C)O)c1. The highest BCUT2D eigenvalue weighted by molar-refractivity contribution is 5.29. The highest BCUT2D eigenvalue weighted by Gasteiger charge is 2.01. The Morgan fingerprint density at radius 2 is 2.23 bits per heavy atom. The van der Waals surface area contributed by atoms with Gasteiger partial charge in [-0.2, -0.15) is 0 Å². The van der Waals surface area contributed by atoms with Crippen molar-refractivity contribution in [3.8, 4) is 5.75 Å². The maximum atomic E-state index is 9.32. The molecule has 0 saturated heterocycles. The van der Waals surface area contributed by atoms with E-state index in [1.54, 1.807) is 6.92 Å². The van der Waals surface area contributed by atoms with Gasteiger partial charge in [-0.05, 0) is 31.0 Å². The lowest BCUT2D eigenvalue weighted by molar-refractivity contribution is 0.198. The molecule has 0 heterocycles. The molecule has 0 aliphatic rings. The van der Waals surface area contributed by atoms with Crippen LogP contribution in [0.4, 0.5) is 0 Å². The molecule has 2 nitrogen and oxygen atoms in total. The lowest BCUT2D eigenvalue weighted by Gasteiger charge is -2.08. The van der Waals surface area contributed by atoms with E-state index in [1.807, 2.05) is 24.3 Å². The fourth-order valence-electron chi connectivity index (χ4n) is 1.08. The topological polar surface area (TPSA) is 29.5 Å². The van der Waals surface area contributed by atoms with Gasteiger partial charge < -0.3 is 9.84 Å². The molecule has 1 atom stereocenters. The first-order valence-electron chi connectivity index (χ1n) is 4.65. The standard InChI is InChI=1S/C11H16O2/c1-3-7-13-11-6-4-5-10(8-11)9(2)12/h4-6,8-9,12H,3,7H2,1-2H3/t9-/m0/s1.